The van der Waals surface area contributed by atoms with Gasteiger partial charge in [0.05, 0.1) is 67.4 Å². The molecule has 0 fully saturated rings. The van der Waals surface area contributed by atoms with Crippen molar-refractivity contribution in [2.24, 2.45) is 0 Å². The summed E-state index contributed by atoms with van der Waals surface area (Å²) in [6.45, 7) is 19.5. The second kappa shape index (κ2) is 18.3. The molecule has 6 aliphatic heterocycles. The second-order valence-corrected chi connectivity index (χ2v) is 39.3. The first kappa shape index (κ1) is 56.8. The molecule has 0 spiro atoms. The van der Waals surface area contributed by atoms with E-state index in [-0.39, 0.29) is 0 Å². The van der Waals surface area contributed by atoms with Crippen LogP contribution in [0.5, 0.6) is 23.0 Å². The van der Waals surface area contributed by atoms with Gasteiger partial charge in [-0.3, -0.25) is 0 Å². The lowest BCUT2D eigenvalue weighted by Crippen LogP contribution is -2.51. The Balaban J connectivity index is 0.970. The number of nitrogens with zero attached hydrogens (tertiary/aromatic N) is 4. The molecule has 2 unspecified atom stereocenters. The number of rotatable bonds is 4. The molecule has 0 amide bonds. The Kier molecular flexibility index (Phi) is 10.4. The predicted molar refractivity (Wildman–Crippen MR) is 422 cm³/mol. The van der Waals surface area contributed by atoms with Crippen molar-refractivity contribution in [1.29, 1.82) is 0 Å². The smallest absolute Gasteiger partial charge is 0.163 e. The molecule has 0 bridgehead atoms. The third kappa shape index (κ3) is 6.26. The maximum atomic E-state index is 8.58. The third-order valence-corrected chi connectivity index (χ3v) is 34.2. The minimum atomic E-state index is -3.47. The van der Waals surface area contributed by atoms with E-state index in [0.29, 0.717) is 0 Å². The highest BCUT2D eigenvalue weighted by Gasteiger charge is 2.64. The van der Waals surface area contributed by atoms with Crippen molar-refractivity contribution in [2.75, 3.05) is 19.6 Å². The molecule has 10 heteroatoms. The minimum absolute atomic E-state index is 0.462. The molecule has 0 N–H and O–H groups in total. The van der Waals surface area contributed by atoms with Crippen molar-refractivity contribution in [1.82, 2.24) is 0 Å². The molecule has 6 heterocycles. The molecule has 478 valence electrons. The van der Waals surface area contributed by atoms with Gasteiger partial charge in [0.25, 0.3) is 0 Å². The molecule has 0 radical (unpaired) electrons. The van der Waals surface area contributed by atoms with Crippen LogP contribution in [0.4, 0.5) is 68.2 Å². The molecule has 13 aromatic rings. The Morgan fingerprint density at radius 2 is 0.510 bits per heavy atom. The molecule has 100 heavy (non-hydrogen) atoms. The lowest BCUT2D eigenvalue weighted by molar-refractivity contribution is 0.478. The highest BCUT2D eigenvalue weighted by atomic mass is 32.4. The number of hydrogen-bond acceptors (Lipinski definition) is 8. The van der Waals surface area contributed by atoms with Crippen molar-refractivity contribution >= 4 is 136 Å². The van der Waals surface area contributed by atoms with Crippen LogP contribution < -0.4 is 60.9 Å². The number of benzene rings is 13. The van der Waals surface area contributed by atoms with Crippen molar-refractivity contribution in [2.45, 2.75) is 77.0 Å². The fourth-order valence-corrected chi connectivity index (χ4v) is 30.9. The highest BCUT2D eigenvalue weighted by Crippen LogP contribution is 2.78. The molecule has 23 rings (SSSR count). The second-order valence-electron chi connectivity index (χ2n) is 30.9. The summed E-state index contributed by atoms with van der Waals surface area (Å²) in [7, 11) is 0. The molecule has 10 aliphatic rings. The van der Waals surface area contributed by atoms with Crippen LogP contribution in [0.1, 0.15) is 99.9 Å². The van der Waals surface area contributed by atoms with Crippen LogP contribution >= 0.6 is 12.1 Å². The van der Waals surface area contributed by atoms with Crippen LogP contribution in [0.2, 0.25) is 0 Å². The molecular weight excluding hydrogens is 1300 g/mol. The van der Waals surface area contributed by atoms with Crippen LogP contribution in [0.3, 0.4) is 0 Å². The van der Waals surface area contributed by atoms with Crippen LogP contribution in [0.15, 0.2) is 243 Å². The van der Waals surface area contributed by atoms with E-state index in [1.807, 2.05) is 0 Å². The van der Waals surface area contributed by atoms with Crippen molar-refractivity contribution in [3.05, 3.63) is 287 Å². The largest absolute Gasteiger partial charge is 0.453 e. The summed E-state index contributed by atoms with van der Waals surface area (Å²) >= 11 is 17.0. The van der Waals surface area contributed by atoms with E-state index in [1.54, 1.807) is 0 Å². The fraction of sp³-hybridized carbons (Fsp3) is 0.133. The number of ether oxygens (including phenoxy) is 2. The van der Waals surface area contributed by atoms with Gasteiger partial charge in [0, 0.05) is 55.0 Å². The maximum absolute atomic E-state index is 8.58. The summed E-state index contributed by atoms with van der Waals surface area (Å²) in [5, 5.41) is 6.48. The van der Waals surface area contributed by atoms with Gasteiger partial charge in [0.15, 0.2) is 11.5 Å². The molecule has 2 atom stereocenters. The van der Waals surface area contributed by atoms with E-state index in [4.69, 9.17) is 33.1 Å². The minimum Gasteiger partial charge on any atom is -0.453 e. The predicted octanol–water partition coefficient (Wildman–Crippen LogP) is 21.8. The molecule has 0 aromatic heterocycles. The van der Waals surface area contributed by atoms with Gasteiger partial charge >= 0.3 is 0 Å². The molecule has 0 saturated carbocycles. The summed E-state index contributed by atoms with van der Waals surface area (Å²) in [5.74, 6) is 3.10. The SMILES string of the molecule is CC1(C)c2ccccc2-c2cc3c4c(c21)N(c1ccccc1)c1c2c(cc5c1P4(=S)c1c(c4c6c(c1N5c1ccccc1)Oc1cc5c(c7c1P6(=S)c1c(cc6c(c1N7c1ccccc1)C(C)(C)c1ccccc1-6)N4c1ccccc1)C(C)(C)c1ccccc1-5)O3)-c1ccccc1C2(C)C. The summed E-state index contributed by atoms with van der Waals surface area (Å²) in [6.07, 6.45) is 0. The zero-order valence-electron chi connectivity index (χ0n) is 56.4. The number of para-hydroxylation sites is 4. The standard InChI is InChI=1S/C90H64N4O2P2S2/c1-87(2)61-41-25-21-37-53(61)57-45-65-81-73(69(57)87)93(51-33-17-11-18-34-51)75-71-59(55-39-23-27-43-63(55)89(71,5)6)47-67-83(75)97(81,99)85-77(91(65)49-29-13-9-14-30-49)80-86-78(79(85)95-67)92(50-31-15-10-16-32-50)66-46-58-54-38-22-26-42-62(54)88(3,4)70(58)74-82(66)98(86,100)84-68(96-80)48-60-56-40-24-28-44-64(56)90(7,8)72(60)76(84)94(74)52-35-19-12-20-36-52/h9-48H,1-8H3. The van der Waals surface area contributed by atoms with E-state index < -0.39 is 33.7 Å². The summed E-state index contributed by atoms with van der Waals surface area (Å²) in [4.78, 5) is 10.5. The maximum Gasteiger partial charge on any atom is 0.163 e. The zero-order valence-corrected chi connectivity index (χ0v) is 59.8. The van der Waals surface area contributed by atoms with Crippen molar-refractivity contribution < 1.29 is 9.47 Å². The van der Waals surface area contributed by atoms with E-state index in [1.165, 1.54) is 89.0 Å². The first-order valence-electron chi connectivity index (χ1n) is 35.0. The average Bonchev–Trinajstić information content (AvgIpc) is 0.981. The quantitative estimate of drug-likeness (QED) is 0.161. The van der Waals surface area contributed by atoms with Crippen molar-refractivity contribution in [3.8, 4) is 67.5 Å². The van der Waals surface area contributed by atoms with E-state index in [9.17, 15) is 0 Å². The van der Waals surface area contributed by atoms with Gasteiger partial charge in [0.2, 0.25) is 0 Å². The number of hydrogen-bond donors (Lipinski definition) is 0. The fourth-order valence-electron chi connectivity index (χ4n) is 20.7. The van der Waals surface area contributed by atoms with Gasteiger partial charge in [-0.2, -0.15) is 0 Å². The van der Waals surface area contributed by atoms with Gasteiger partial charge in [-0.1, -0.05) is 249 Å². The normalized spacial score (nSPS) is 19.8. The van der Waals surface area contributed by atoms with Crippen LogP contribution in [0.25, 0.3) is 44.5 Å². The van der Waals surface area contributed by atoms with Gasteiger partial charge in [-0.05, 0) is 162 Å². The van der Waals surface area contributed by atoms with Gasteiger partial charge in [-0.15, -0.1) is 0 Å². The van der Waals surface area contributed by atoms with E-state index in [0.717, 1.165) is 123 Å². The Morgan fingerprint density at radius 3 is 0.810 bits per heavy atom. The van der Waals surface area contributed by atoms with E-state index >= 15 is 0 Å². The first-order chi connectivity index (χ1) is 48.5. The summed E-state index contributed by atoms with van der Waals surface area (Å²) < 4.78 is 17.2. The topological polar surface area (TPSA) is 31.4 Å². The van der Waals surface area contributed by atoms with Crippen LogP contribution in [-0.2, 0) is 45.3 Å². The molecule has 0 saturated heterocycles. The molecule has 13 aromatic carbocycles. The lowest BCUT2D eigenvalue weighted by Gasteiger charge is -2.55. The first-order valence-corrected chi connectivity index (χ1v) is 40.6. The molecule has 4 aliphatic carbocycles. The van der Waals surface area contributed by atoms with E-state index in [2.05, 4.69) is 318 Å². The monoisotopic (exact) mass is 1360 g/mol. The Morgan fingerprint density at radius 1 is 0.260 bits per heavy atom. The third-order valence-electron chi connectivity index (χ3n) is 24.6. The lowest BCUT2D eigenvalue weighted by atomic mass is 9.79. The van der Waals surface area contributed by atoms with Gasteiger partial charge in [0.1, 0.15) is 22.9 Å². The average molecular weight is 1360 g/mol. The molecular formula is C90H64N4O2P2S2. The Labute approximate surface area is 592 Å². The Bertz CT molecular complexity index is 5820. The zero-order chi connectivity index (χ0) is 66.9. The van der Waals surface area contributed by atoms with Gasteiger partial charge in [-0.25, -0.2) is 0 Å². The summed E-state index contributed by atoms with van der Waals surface area (Å²) in [6, 6.07) is 83.9. The van der Waals surface area contributed by atoms with Gasteiger partial charge < -0.3 is 29.1 Å². The Hall–Kier alpha value is -10.0. The van der Waals surface area contributed by atoms with Crippen LogP contribution in [-0.4, -0.2) is 0 Å². The summed E-state index contributed by atoms with van der Waals surface area (Å²) in [5.41, 5.74) is 30.7. The van der Waals surface area contributed by atoms with Crippen LogP contribution in [0, 0.1) is 0 Å². The van der Waals surface area contributed by atoms with Crippen molar-refractivity contribution in [3.63, 3.8) is 0 Å². The highest BCUT2D eigenvalue weighted by molar-refractivity contribution is 8.27. The number of fused-ring (bicyclic) bond motifs is 18. The molecule has 6 nitrogen and oxygen atoms in total. The number of anilines is 12.